The van der Waals surface area contributed by atoms with Crippen LogP contribution in [0.5, 0.6) is 0 Å². The van der Waals surface area contributed by atoms with Crippen molar-refractivity contribution in [1.82, 2.24) is 4.90 Å². The Kier molecular flexibility index (Phi) is 3.00. The Hall–Kier alpha value is -1.37. The van der Waals surface area contributed by atoms with E-state index in [4.69, 9.17) is 10.00 Å². The molecule has 0 amide bonds. The molecule has 0 aliphatic carbocycles. The highest BCUT2D eigenvalue weighted by atomic mass is 16.5. The zero-order valence-electron chi connectivity index (χ0n) is 8.76. The third kappa shape index (κ3) is 2.01. The van der Waals surface area contributed by atoms with E-state index >= 15 is 0 Å². The summed E-state index contributed by atoms with van der Waals surface area (Å²) in [6.07, 6.45) is 0.0369. The lowest BCUT2D eigenvalue weighted by Gasteiger charge is -2.23. The Morgan fingerprint density at radius 3 is 2.87 bits per heavy atom. The zero-order chi connectivity index (χ0) is 10.7. The van der Waals surface area contributed by atoms with E-state index < -0.39 is 0 Å². The molecular weight excluding hydrogens is 188 g/mol. The van der Waals surface area contributed by atoms with E-state index in [0.29, 0.717) is 13.2 Å². The van der Waals surface area contributed by atoms with Crippen LogP contribution in [0, 0.1) is 11.3 Å². The van der Waals surface area contributed by atoms with E-state index in [-0.39, 0.29) is 12.3 Å². The summed E-state index contributed by atoms with van der Waals surface area (Å²) in [4.78, 5) is 2.08. The Balaban J connectivity index is 2.19. The van der Waals surface area contributed by atoms with E-state index in [1.54, 1.807) is 0 Å². The van der Waals surface area contributed by atoms with Crippen molar-refractivity contribution in [2.75, 3.05) is 13.2 Å². The van der Waals surface area contributed by atoms with Crippen molar-refractivity contribution in [3.8, 4) is 6.07 Å². The molecule has 1 heterocycles. The normalized spacial score (nSPS) is 26.4. The second-order valence-corrected chi connectivity index (χ2v) is 3.69. The van der Waals surface area contributed by atoms with Crippen molar-refractivity contribution in [3.63, 3.8) is 0 Å². The van der Waals surface area contributed by atoms with Crippen LogP contribution in [-0.2, 0) is 4.74 Å². The van der Waals surface area contributed by atoms with Crippen LogP contribution >= 0.6 is 0 Å². The Morgan fingerprint density at radius 2 is 2.20 bits per heavy atom. The van der Waals surface area contributed by atoms with Crippen LogP contribution in [0.15, 0.2) is 30.3 Å². The van der Waals surface area contributed by atoms with Crippen LogP contribution in [0.3, 0.4) is 0 Å². The number of nitriles is 1. The van der Waals surface area contributed by atoms with Gasteiger partial charge in [0.2, 0.25) is 0 Å². The molecule has 3 nitrogen and oxygen atoms in total. The lowest BCUT2D eigenvalue weighted by Crippen LogP contribution is -2.30. The van der Waals surface area contributed by atoms with E-state index in [9.17, 15) is 0 Å². The van der Waals surface area contributed by atoms with E-state index in [2.05, 4.69) is 23.1 Å². The zero-order valence-corrected chi connectivity index (χ0v) is 8.76. The molecule has 0 radical (unpaired) electrons. The highest BCUT2D eigenvalue weighted by Crippen LogP contribution is 2.29. The maximum Gasteiger partial charge on any atom is 0.109 e. The second kappa shape index (κ2) is 4.43. The van der Waals surface area contributed by atoms with Crippen LogP contribution in [0.1, 0.15) is 18.5 Å². The van der Waals surface area contributed by atoms with Crippen LogP contribution in [-0.4, -0.2) is 24.3 Å². The molecule has 0 spiro atoms. The molecule has 3 heteroatoms. The number of ether oxygens (including phenoxy) is 1. The summed E-state index contributed by atoms with van der Waals surface area (Å²) in [6, 6.07) is 12.6. The summed E-state index contributed by atoms with van der Waals surface area (Å²) < 4.78 is 5.56. The van der Waals surface area contributed by atoms with Gasteiger partial charge in [-0.25, -0.2) is 0 Å². The first kappa shape index (κ1) is 10.2. The summed E-state index contributed by atoms with van der Waals surface area (Å²) in [5.41, 5.74) is 1.22. The molecule has 0 aromatic heterocycles. The predicted octanol–water partition coefficient (Wildman–Crippen LogP) is 1.93. The quantitative estimate of drug-likeness (QED) is 0.687. The average molecular weight is 202 g/mol. The van der Waals surface area contributed by atoms with Crippen molar-refractivity contribution >= 4 is 0 Å². The minimum Gasteiger partial charge on any atom is -0.361 e. The van der Waals surface area contributed by atoms with E-state index in [1.807, 2.05) is 25.1 Å². The van der Waals surface area contributed by atoms with Crippen molar-refractivity contribution in [2.24, 2.45) is 0 Å². The first-order chi connectivity index (χ1) is 7.33. The topological polar surface area (TPSA) is 36.3 Å². The fourth-order valence-corrected chi connectivity index (χ4v) is 1.96. The molecule has 1 saturated heterocycles. The van der Waals surface area contributed by atoms with Gasteiger partial charge in [0.05, 0.1) is 25.3 Å². The molecular formula is C12H14N2O. The van der Waals surface area contributed by atoms with Gasteiger partial charge in [-0.05, 0) is 12.5 Å². The van der Waals surface area contributed by atoms with Crippen molar-refractivity contribution < 1.29 is 4.74 Å². The van der Waals surface area contributed by atoms with Crippen LogP contribution in [0.4, 0.5) is 0 Å². The first-order valence-corrected chi connectivity index (χ1v) is 5.12. The molecule has 1 aliphatic heterocycles. The van der Waals surface area contributed by atoms with Gasteiger partial charge < -0.3 is 4.74 Å². The summed E-state index contributed by atoms with van der Waals surface area (Å²) in [6.45, 7) is 3.08. The largest absolute Gasteiger partial charge is 0.361 e. The van der Waals surface area contributed by atoms with Gasteiger partial charge in [-0.3, -0.25) is 4.90 Å². The highest BCUT2D eigenvalue weighted by Gasteiger charge is 2.31. The molecule has 1 aromatic rings. The van der Waals surface area contributed by atoms with Crippen molar-refractivity contribution in [3.05, 3.63) is 35.9 Å². The Morgan fingerprint density at radius 1 is 1.47 bits per heavy atom. The molecule has 1 fully saturated rings. The highest BCUT2D eigenvalue weighted by molar-refractivity contribution is 5.20. The monoisotopic (exact) mass is 202 g/mol. The molecule has 0 N–H and O–H groups in total. The Bertz CT molecular complexity index is 358. The van der Waals surface area contributed by atoms with Gasteiger partial charge in [0.1, 0.15) is 6.23 Å². The third-order valence-corrected chi connectivity index (χ3v) is 2.80. The molecule has 1 aromatic carbocycles. The van der Waals surface area contributed by atoms with Gasteiger partial charge in [-0.1, -0.05) is 30.3 Å². The molecule has 2 atom stereocenters. The molecule has 15 heavy (non-hydrogen) atoms. The van der Waals surface area contributed by atoms with Gasteiger partial charge in [-0.15, -0.1) is 0 Å². The van der Waals surface area contributed by atoms with Gasteiger partial charge in [0, 0.05) is 0 Å². The smallest absolute Gasteiger partial charge is 0.109 e. The van der Waals surface area contributed by atoms with E-state index in [0.717, 1.165) is 0 Å². The van der Waals surface area contributed by atoms with Gasteiger partial charge in [0.25, 0.3) is 0 Å². The number of hydrogen-bond donors (Lipinski definition) is 0. The molecule has 0 saturated carbocycles. The van der Waals surface area contributed by atoms with Crippen molar-refractivity contribution in [1.29, 1.82) is 5.26 Å². The van der Waals surface area contributed by atoms with Gasteiger partial charge in [-0.2, -0.15) is 5.26 Å². The minimum absolute atomic E-state index is 0.0369. The first-order valence-electron chi connectivity index (χ1n) is 5.12. The standard InChI is InChI=1S/C12H14N2O/c1-10-14(8-7-13)12(9-15-10)11-5-3-2-4-6-11/h2-6,10,12H,8-9H2,1H3/t10-,12+/m1/s1. The average Bonchev–Trinajstić information content (AvgIpc) is 2.63. The van der Waals surface area contributed by atoms with Gasteiger partial charge >= 0.3 is 0 Å². The summed E-state index contributed by atoms with van der Waals surface area (Å²) in [7, 11) is 0. The van der Waals surface area contributed by atoms with E-state index in [1.165, 1.54) is 5.56 Å². The predicted molar refractivity (Wildman–Crippen MR) is 56.9 cm³/mol. The lowest BCUT2D eigenvalue weighted by molar-refractivity contribution is 0.0536. The molecule has 0 bridgehead atoms. The summed E-state index contributed by atoms with van der Waals surface area (Å²) in [5, 5.41) is 8.76. The molecule has 0 unspecified atom stereocenters. The molecule has 1 aliphatic rings. The Labute approximate surface area is 89.9 Å². The number of nitrogens with zero attached hydrogens (tertiary/aromatic N) is 2. The maximum atomic E-state index is 8.76. The number of benzene rings is 1. The van der Waals surface area contributed by atoms with Crippen LogP contribution in [0.2, 0.25) is 0 Å². The third-order valence-electron chi connectivity index (χ3n) is 2.80. The lowest BCUT2D eigenvalue weighted by atomic mass is 10.1. The van der Waals surface area contributed by atoms with Crippen LogP contribution in [0.25, 0.3) is 0 Å². The number of rotatable bonds is 2. The minimum atomic E-state index is 0.0369. The molecule has 2 rings (SSSR count). The van der Waals surface area contributed by atoms with Crippen molar-refractivity contribution in [2.45, 2.75) is 19.2 Å². The van der Waals surface area contributed by atoms with Crippen LogP contribution < -0.4 is 0 Å². The SMILES string of the molecule is C[C@H]1OC[C@@H](c2ccccc2)N1CC#N. The summed E-state index contributed by atoms with van der Waals surface area (Å²) in [5.74, 6) is 0. The second-order valence-electron chi connectivity index (χ2n) is 3.69. The number of hydrogen-bond acceptors (Lipinski definition) is 3. The van der Waals surface area contributed by atoms with Gasteiger partial charge in [0.15, 0.2) is 0 Å². The fraction of sp³-hybridized carbons (Fsp3) is 0.417. The maximum absolute atomic E-state index is 8.76. The summed E-state index contributed by atoms with van der Waals surface area (Å²) >= 11 is 0. The fourth-order valence-electron chi connectivity index (χ4n) is 1.96. The molecule has 78 valence electrons.